The van der Waals surface area contributed by atoms with Crippen LogP contribution in [0, 0.1) is 0 Å². The normalized spacial score (nSPS) is 22.9. The second-order valence-electron chi connectivity index (χ2n) is 7.60. The fourth-order valence-corrected chi connectivity index (χ4v) is 3.31. The summed E-state index contributed by atoms with van der Waals surface area (Å²) >= 11 is 0. The molecule has 0 radical (unpaired) electrons. The molecule has 13 nitrogen and oxygen atoms in total. The van der Waals surface area contributed by atoms with Gasteiger partial charge in [0.1, 0.15) is 5.75 Å². The molecular formula is C24H26O13. The zero-order valence-corrected chi connectivity index (χ0v) is 20.7. The lowest BCUT2D eigenvalue weighted by atomic mass is 9.97. The van der Waals surface area contributed by atoms with Crippen LogP contribution < -0.4 is 4.74 Å². The van der Waals surface area contributed by atoms with Crippen molar-refractivity contribution < 1.29 is 61.9 Å². The third-order valence-electron chi connectivity index (χ3n) is 4.62. The number of hydrogen-bond acceptors (Lipinski definition) is 13. The lowest BCUT2D eigenvalue weighted by Crippen LogP contribution is -2.64. The number of methoxy groups -OCH3 is 1. The summed E-state index contributed by atoms with van der Waals surface area (Å²) in [6, 6.07) is 6.14. The molecule has 5 atom stereocenters. The minimum atomic E-state index is -1.76. The number of rotatable bonds is 8. The molecule has 1 heterocycles. The molecule has 2 rings (SSSR count). The van der Waals surface area contributed by atoms with E-state index in [4.69, 9.17) is 28.4 Å². The van der Waals surface area contributed by atoms with Crippen LogP contribution in [0.4, 0.5) is 0 Å². The molecule has 1 aliphatic rings. The number of esters is 6. The van der Waals surface area contributed by atoms with Crippen LogP contribution in [0.25, 0.3) is 6.08 Å². The molecule has 13 heteroatoms. The van der Waals surface area contributed by atoms with E-state index in [1.54, 1.807) is 12.1 Å². The van der Waals surface area contributed by atoms with Gasteiger partial charge in [0.25, 0.3) is 0 Å². The molecule has 37 heavy (non-hydrogen) atoms. The average molecular weight is 522 g/mol. The summed E-state index contributed by atoms with van der Waals surface area (Å²) in [6.07, 6.45) is -5.84. The summed E-state index contributed by atoms with van der Waals surface area (Å²) in [5.74, 6) is -4.80. The monoisotopic (exact) mass is 522 g/mol. The van der Waals surface area contributed by atoms with Crippen molar-refractivity contribution in [2.75, 3.05) is 7.11 Å². The van der Waals surface area contributed by atoms with Crippen LogP contribution in [0.3, 0.4) is 0 Å². The van der Waals surface area contributed by atoms with Crippen molar-refractivity contribution in [3.63, 3.8) is 0 Å². The third-order valence-corrected chi connectivity index (χ3v) is 4.62. The molecule has 1 aromatic rings. The Morgan fingerprint density at radius 3 is 1.78 bits per heavy atom. The summed E-state index contributed by atoms with van der Waals surface area (Å²) in [7, 11) is 1.03. The Kier molecular flexibility index (Phi) is 10.3. The van der Waals surface area contributed by atoms with Gasteiger partial charge >= 0.3 is 35.8 Å². The van der Waals surface area contributed by atoms with Crippen LogP contribution in [0.5, 0.6) is 5.75 Å². The van der Waals surface area contributed by atoms with E-state index >= 15 is 0 Å². The second-order valence-corrected chi connectivity index (χ2v) is 7.60. The first-order chi connectivity index (χ1) is 17.4. The molecule has 0 aromatic heterocycles. The van der Waals surface area contributed by atoms with Gasteiger partial charge in [-0.2, -0.15) is 0 Å². The van der Waals surface area contributed by atoms with Crippen molar-refractivity contribution in [3.05, 3.63) is 35.9 Å². The summed E-state index contributed by atoms with van der Waals surface area (Å²) in [5.41, 5.74) is 0.536. The SMILES string of the molecule is COC(=O)[C@H]1O[C@@H](OC(=O)/C=C/c2ccc(OC(C)=O)cc2)[C@H](OC(C)=O)[C@@H](OC(C)=O)[C@@H]1OC(C)=O. The highest BCUT2D eigenvalue weighted by Crippen LogP contribution is 2.30. The van der Waals surface area contributed by atoms with Gasteiger partial charge in [0, 0.05) is 33.8 Å². The minimum absolute atomic E-state index is 0.305. The fraction of sp³-hybridized carbons (Fsp3) is 0.417. The molecule has 0 N–H and O–H groups in total. The van der Waals surface area contributed by atoms with E-state index in [9.17, 15) is 28.8 Å². The molecular weight excluding hydrogens is 496 g/mol. The molecule has 0 aliphatic carbocycles. The van der Waals surface area contributed by atoms with Crippen LogP contribution in [0.2, 0.25) is 0 Å². The van der Waals surface area contributed by atoms with Gasteiger partial charge in [-0.3, -0.25) is 19.2 Å². The Balaban J connectivity index is 2.32. The maximum Gasteiger partial charge on any atom is 0.339 e. The highest BCUT2D eigenvalue weighted by atomic mass is 16.7. The standard InChI is InChI=1S/C24H26O13/c1-12(25)32-17-9-6-16(7-10-17)8-11-18(29)36-24-22(35-15(4)28)20(34-14(3)27)19(33-13(2)26)21(37-24)23(30)31-5/h6-11,19-22,24H,1-5H3/b11-8+/t19-,20-,21-,22+,24+/m0/s1. The topological polar surface area (TPSA) is 167 Å². The zero-order valence-electron chi connectivity index (χ0n) is 20.7. The molecule has 200 valence electrons. The third kappa shape index (κ3) is 8.72. The highest BCUT2D eigenvalue weighted by Gasteiger charge is 2.56. The van der Waals surface area contributed by atoms with Crippen molar-refractivity contribution in [3.8, 4) is 5.75 Å². The first-order valence-electron chi connectivity index (χ1n) is 10.8. The largest absolute Gasteiger partial charge is 0.467 e. The Labute approximate surface area is 211 Å². The van der Waals surface area contributed by atoms with E-state index in [1.165, 1.54) is 25.1 Å². The van der Waals surface area contributed by atoms with Gasteiger partial charge in [-0.25, -0.2) is 9.59 Å². The maximum atomic E-state index is 12.6. The fourth-order valence-electron chi connectivity index (χ4n) is 3.31. The van der Waals surface area contributed by atoms with E-state index in [0.717, 1.165) is 34.0 Å². The zero-order chi connectivity index (χ0) is 27.7. The molecule has 0 saturated carbocycles. The lowest BCUT2D eigenvalue weighted by Gasteiger charge is -2.42. The minimum Gasteiger partial charge on any atom is -0.467 e. The van der Waals surface area contributed by atoms with Gasteiger partial charge in [0.15, 0.2) is 18.3 Å². The number of carbonyl (C=O) groups is 6. The Hall–Kier alpha value is -4.26. The van der Waals surface area contributed by atoms with Gasteiger partial charge < -0.3 is 33.2 Å². The molecule has 0 unspecified atom stereocenters. The van der Waals surface area contributed by atoms with Crippen molar-refractivity contribution in [1.82, 2.24) is 0 Å². The molecule has 0 bridgehead atoms. The average Bonchev–Trinajstić information content (AvgIpc) is 2.80. The summed E-state index contributed by atoms with van der Waals surface area (Å²) in [6.45, 7) is 4.37. The number of benzene rings is 1. The van der Waals surface area contributed by atoms with E-state index in [-0.39, 0.29) is 0 Å². The molecule has 1 saturated heterocycles. The molecule has 0 amide bonds. The van der Waals surface area contributed by atoms with Crippen molar-refractivity contribution in [1.29, 1.82) is 0 Å². The summed E-state index contributed by atoms with van der Waals surface area (Å²) in [5, 5.41) is 0. The van der Waals surface area contributed by atoms with E-state index < -0.39 is 66.5 Å². The predicted octanol–water partition coefficient (Wildman–Crippen LogP) is 0.861. The first kappa shape index (κ1) is 29.0. The number of carbonyl (C=O) groups excluding carboxylic acids is 6. The molecule has 1 fully saturated rings. The predicted molar refractivity (Wildman–Crippen MR) is 120 cm³/mol. The number of ether oxygens (including phenoxy) is 7. The van der Waals surface area contributed by atoms with Crippen LogP contribution in [-0.2, 0) is 57.2 Å². The van der Waals surface area contributed by atoms with Gasteiger partial charge in [-0.05, 0) is 23.8 Å². The van der Waals surface area contributed by atoms with Crippen molar-refractivity contribution in [2.45, 2.75) is 58.4 Å². The van der Waals surface area contributed by atoms with Gasteiger partial charge in [-0.15, -0.1) is 0 Å². The molecule has 0 spiro atoms. The summed E-state index contributed by atoms with van der Waals surface area (Å²) in [4.78, 5) is 71.2. The lowest BCUT2D eigenvalue weighted by molar-refractivity contribution is -0.293. The van der Waals surface area contributed by atoms with Gasteiger partial charge in [-0.1, -0.05) is 12.1 Å². The highest BCUT2D eigenvalue weighted by molar-refractivity contribution is 5.87. The second kappa shape index (κ2) is 13.2. The smallest absolute Gasteiger partial charge is 0.339 e. The van der Waals surface area contributed by atoms with Gasteiger partial charge in [0.05, 0.1) is 7.11 Å². The maximum absolute atomic E-state index is 12.6. The van der Waals surface area contributed by atoms with Crippen LogP contribution in [0.15, 0.2) is 30.3 Å². The van der Waals surface area contributed by atoms with E-state index in [0.29, 0.717) is 11.3 Å². The quantitative estimate of drug-likeness (QED) is 0.204. The van der Waals surface area contributed by atoms with E-state index in [1.807, 2.05) is 0 Å². The van der Waals surface area contributed by atoms with Gasteiger partial charge in [0.2, 0.25) is 12.4 Å². The van der Waals surface area contributed by atoms with Crippen LogP contribution >= 0.6 is 0 Å². The summed E-state index contributed by atoms with van der Waals surface area (Å²) < 4.78 is 35.9. The molecule has 1 aliphatic heterocycles. The van der Waals surface area contributed by atoms with E-state index in [2.05, 4.69) is 4.74 Å². The molecule has 1 aromatic carbocycles. The Morgan fingerprint density at radius 1 is 0.730 bits per heavy atom. The first-order valence-corrected chi connectivity index (χ1v) is 10.8. The van der Waals surface area contributed by atoms with Crippen molar-refractivity contribution >= 4 is 41.9 Å². The van der Waals surface area contributed by atoms with Crippen molar-refractivity contribution in [2.24, 2.45) is 0 Å². The van der Waals surface area contributed by atoms with Crippen LogP contribution in [-0.4, -0.2) is 73.6 Å². The number of hydrogen-bond donors (Lipinski definition) is 0. The Bertz CT molecular complexity index is 1060. The Morgan fingerprint density at radius 2 is 1.27 bits per heavy atom. The van der Waals surface area contributed by atoms with Crippen LogP contribution in [0.1, 0.15) is 33.3 Å².